The first-order valence-corrected chi connectivity index (χ1v) is 11.8. The van der Waals surface area contributed by atoms with Crippen molar-refractivity contribution in [3.05, 3.63) is 0 Å². The number of hydrogen-bond donors (Lipinski definition) is 0. The van der Waals surface area contributed by atoms with Gasteiger partial charge in [0.2, 0.25) is 0 Å². The van der Waals surface area contributed by atoms with Gasteiger partial charge in [0.25, 0.3) is 0 Å². The third kappa shape index (κ3) is 5.94. The molecule has 1 fully saturated rings. The van der Waals surface area contributed by atoms with Gasteiger partial charge in [-0.2, -0.15) is 0 Å². The zero-order chi connectivity index (χ0) is 13.7. The fourth-order valence-electron chi connectivity index (χ4n) is 2.10. The summed E-state index contributed by atoms with van der Waals surface area (Å²) in [6, 6.07) is 0. The number of alkyl halides is 6. The highest BCUT2D eigenvalue weighted by molar-refractivity contribution is 9.15. The van der Waals surface area contributed by atoms with Crippen LogP contribution in [0.1, 0.15) is 38.5 Å². The fraction of sp³-hybridized carbons (Fsp3) is 1.00. The third-order valence-corrected chi connectivity index (χ3v) is 13.6. The van der Waals surface area contributed by atoms with Crippen molar-refractivity contribution in [3.63, 3.8) is 0 Å². The largest absolute Gasteiger partial charge is 0.0878 e. The van der Waals surface area contributed by atoms with Crippen LogP contribution in [0.3, 0.4) is 0 Å². The summed E-state index contributed by atoms with van der Waals surface area (Å²) in [4.78, 5) is 2.70. The molecule has 0 radical (unpaired) electrons. The molecule has 0 aromatic carbocycles. The van der Waals surface area contributed by atoms with Crippen LogP contribution in [0.15, 0.2) is 0 Å². The fourth-order valence-corrected chi connectivity index (χ4v) is 7.63. The molecule has 0 nitrogen and oxygen atoms in total. The van der Waals surface area contributed by atoms with E-state index in [2.05, 4.69) is 95.6 Å². The van der Waals surface area contributed by atoms with Gasteiger partial charge in [0.1, 0.15) is 0 Å². The van der Waals surface area contributed by atoms with Crippen molar-refractivity contribution in [3.8, 4) is 0 Å². The predicted molar refractivity (Wildman–Crippen MR) is 104 cm³/mol. The molecule has 0 heterocycles. The van der Waals surface area contributed by atoms with Gasteiger partial charge in [-0.05, 0) is 12.8 Å². The molecule has 0 aromatic heterocycles. The second-order valence-corrected chi connectivity index (χ2v) is 11.4. The second kappa shape index (κ2) is 9.81. The van der Waals surface area contributed by atoms with Gasteiger partial charge in [-0.15, -0.1) is 0 Å². The van der Waals surface area contributed by atoms with Crippen molar-refractivity contribution in [2.24, 2.45) is 0 Å². The molecule has 0 bridgehead atoms. The van der Waals surface area contributed by atoms with E-state index in [4.69, 9.17) is 0 Å². The molecule has 1 aliphatic rings. The molecule has 1 saturated carbocycles. The average Bonchev–Trinajstić information content (AvgIpc) is 2.37. The molecular weight excluding hydrogens is 624 g/mol. The minimum atomic E-state index is 0.394. The van der Waals surface area contributed by atoms with Crippen molar-refractivity contribution >= 4 is 95.6 Å². The molecule has 1 aliphatic carbocycles. The van der Waals surface area contributed by atoms with Crippen LogP contribution in [0.25, 0.3) is 0 Å². The van der Waals surface area contributed by atoms with E-state index in [9.17, 15) is 0 Å². The van der Waals surface area contributed by atoms with Crippen molar-refractivity contribution in [1.82, 2.24) is 0 Å². The summed E-state index contributed by atoms with van der Waals surface area (Å²) in [7, 11) is 0. The molecule has 0 saturated heterocycles. The van der Waals surface area contributed by atoms with E-state index in [1.54, 1.807) is 0 Å². The molecule has 0 amide bonds. The summed E-state index contributed by atoms with van der Waals surface area (Å²) < 4.78 is 0. The lowest BCUT2D eigenvalue weighted by atomic mass is 10.0. The Balaban J connectivity index is 2.71. The Morgan fingerprint density at radius 2 is 0.778 bits per heavy atom. The number of rotatable bonds is 0. The summed E-state index contributed by atoms with van der Waals surface area (Å²) in [6.07, 6.45) is 7.80. The summed E-state index contributed by atoms with van der Waals surface area (Å²) in [6.45, 7) is 0. The zero-order valence-corrected chi connectivity index (χ0v) is 19.5. The van der Waals surface area contributed by atoms with Crippen LogP contribution in [0.2, 0.25) is 0 Å². The Labute approximate surface area is 161 Å². The van der Waals surface area contributed by atoms with Crippen LogP contribution in [-0.4, -0.2) is 29.0 Å². The molecule has 0 unspecified atom stereocenters. The lowest BCUT2D eigenvalue weighted by Gasteiger charge is -2.31. The molecule has 0 N–H and O–H groups in total. The maximum Gasteiger partial charge on any atom is 0.0418 e. The van der Waals surface area contributed by atoms with Crippen LogP contribution in [0, 0.1) is 0 Å². The van der Waals surface area contributed by atoms with Gasteiger partial charge in [-0.1, -0.05) is 121 Å². The maximum absolute atomic E-state index is 3.84. The highest BCUT2D eigenvalue weighted by Crippen LogP contribution is 2.37. The van der Waals surface area contributed by atoms with E-state index in [1.807, 2.05) is 0 Å². The van der Waals surface area contributed by atoms with Crippen LogP contribution in [-0.2, 0) is 0 Å². The Morgan fingerprint density at radius 3 is 1.11 bits per heavy atom. The normalized spacial score (nSPS) is 45.0. The van der Waals surface area contributed by atoms with Crippen LogP contribution >= 0.6 is 95.6 Å². The molecule has 1 rings (SSSR count). The summed E-state index contributed by atoms with van der Waals surface area (Å²) in [5.74, 6) is 0. The molecular formula is C12H18Br6. The molecule has 0 spiro atoms. The first-order valence-electron chi connectivity index (χ1n) is 6.29. The van der Waals surface area contributed by atoms with E-state index in [-0.39, 0.29) is 0 Å². The molecule has 18 heavy (non-hydrogen) atoms. The Kier molecular flexibility index (Phi) is 10.3. The van der Waals surface area contributed by atoms with E-state index >= 15 is 0 Å². The lowest BCUT2D eigenvalue weighted by molar-refractivity contribution is 0.549. The Morgan fingerprint density at radius 1 is 0.444 bits per heavy atom. The summed E-state index contributed by atoms with van der Waals surface area (Å²) in [5, 5.41) is 0. The Bertz CT molecular complexity index is 213. The maximum atomic E-state index is 3.84. The zero-order valence-electron chi connectivity index (χ0n) is 9.97. The van der Waals surface area contributed by atoms with Crippen LogP contribution in [0.5, 0.6) is 0 Å². The van der Waals surface area contributed by atoms with E-state index in [0.29, 0.717) is 29.0 Å². The molecule has 0 aromatic rings. The smallest absolute Gasteiger partial charge is 0.0418 e. The van der Waals surface area contributed by atoms with Gasteiger partial charge in [0, 0.05) is 29.0 Å². The molecule has 6 atom stereocenters. The highest BCUT2D eigenvalue weighted by atomic mass is 79.9. The van der Waals surface area contributed by atoms with Gasteiger partial charge in [0.15, 0.2) is 0 Å². The van der Waals surface area contributed by atoms with Crippen molar-refractivity contribution in [1.29, 1.82) is 0 Å². The van der Waals surface area contributed by atoms with E-state index < -0.39 is 0 Å². The van der Waals surface area contributed by atoms with Crippen LogP contribution < -0.4 is 0 Å². The van der Waals surface area contributed by atoms with Crippen molar-refractivity contribution in [2.45, 2.75) is 67.5 Å². The van der Waals surface area contributed by atoms with E-state index in [0.717, 1.165) is 0 Å². The SMILES string of the molecule is Br[C@H]1[C@H](Br)[C@@H](Br)[C@@H](Br)CCCCCC[C@@H](Br)[C@@H]1Br. The van der Waals surface area contributed by atoms with Gasteiger partial charge >= 0.3 is 0 Å². The highest BCUT2D eigenvalue weighted by Gasteiger charge is 2.35. The standard InChI is InChI=1S/C12H18Br6/c13-7-5-3-1-2-4-6-8(14)10(16)12(18)11(17)9(7)15/h7-12H,1-6H2/t7-,8+,9-,10-,11+,12+/m0/s1. The topological polar surface area (TPSA) is 0 Å². The molecule has 6 heteroatoms. The minimum absolute atomic E-state index is 0.394. The Hall–Kier alpha value is 2.88. The number of halogens is 6. The van der Waals surface area contributed by atoms with Crippen molar-refractivity contribution in [2.75, 3.05) is 0 Å². The lowest BCUT2D eigenvalue weighted by Crippen LogP contribution is -2.39. The van der Waals surface area contributed by atoms with E-state index in [1.165, 1.54) is 38.5 Å². The first-order chi connectivity index (χ1) is 8.45. The van der Waals surface area contributed by atoms with Crippen molar-refractivity contribution < 1.29 is 0 Å². The van der Waals surface area contributed by atoms with Crippen LogP contribution in [0.4, 0.5) is 0 Å². The monoisotopic (exact) mass is 636 g/mol. The second-order valence-electron chi connectivity index (χ2n) is 4.80. The molecule has 0 aliphatic heterocycles. The third-order valence-electron chi connectivity index (χ3n) is 3.31. The average molecular weight is 642 g/mol. The summed E-state index contributed by atoms with van der Waals surface area (Å²) >= 11 is 23.0. The minimum Gasteiger partial charge on any atom is -0.0878 e. The van der Waals surface area contributed by atoms with Gasteiger partial charge < -0.3 is 0 Å². The van der Waals surface area contributed by atoms with Gasteiger partial charge in [-0.3, -0.25) is 0 Å². The quantitative estimate of drug-likeness (QED) is 0.252. The number of hydrogen-bond acceptors (Lipinski definition) is 0. The van der Waals surface area contributed by atoms with Gasteiger partial charge in [-0.25, -0.2) is 0 Å². The predicted octanol–water partition coefficient (Wildman–Crippen LogP) is 6.92. The molecule has 108 valence electrons. The van der Waals surface area contributed by atoms with Gasteiger partial charge in [0.05, 0.1) is 0 Å². The first kappa shape index (κ1) is 18.9. The summed E-state index contributed by atoms with van der Waals surface area (Å²) in [5.41, 5.74) is 0.